The van der Waals surface area contributed by atoms with Crippen LogP contribution in [0, 0.1) is 5.82 Å². The average molecular weight is 489 g/mol. The van der Waals surface area contributed by atoms with Crippen molar-refractivity contribution in [2.75, 3.05) is 24.8 Å². The molecule has 3 N–H and O–H groups in total. The fourth-order valence-corrected chi connectivity index (χ4v) is 4.16. The van der Waals surface area contributed by atoms with Gasteiger partial charge in [-0.2, -0.15) is 18.2 Å². The standard InChI is InChI=1S/C24H23F4N5O2/c1-12-14-7-5-4-6-13(14)8-18(12)31-21-16(24(26,27)28)11-30-23(33-21)32-19-10-17(25)15(22(34)29-2)9-20(19)35-3/h4-7,9-12,18H,8H2,1-3H3,(H,29,34)(H2,30,31,32,33)/t12-,18-/m1/s1. The fourth-order valence-electron chi connectivity index (χ4n) is 4.16. The van der Waals surface area contributed by atoms with Gasteiger partial charge in [-0.15, -0.1) is 0 Å². The smallest absolute Gasteiger partial charge is 0.421 e. The van der Waals surface area contributed by atoms with Crippen molar-refractivity contribution in [2.24, 2.45) is 0 Å². The Bertz CT molecular complexity index is 1270. The van der Waals surface area contributed by atoms with Gasteiger partial charge in [0.2, 0.25) is 5.95 Å². The summed E-state index contributed by atoms with van der Waals surface area (Å²) in [6, 6.07) is 9.56. The van der Waals surface area contributed by atoms with Gasteiger partial charge < -0.3 is 20.7 Å². The van der Waals surface area contributed by atoms with Crippen molar-refractivity contribution in [1.82, 2.24) is 15.3 Å². The maximum atomic E-state index is 14.5. The normalized spacial score (nSPS) is 17.0. The number of amides is 1. The van der Waals surface area contributed by atoms with Crippen LogP contribution >= 0.6 is 0 Å². The van der Waals surface area contributed by atoms with Gasteiger partial charge in [-0.25, -0.2) is 9.37 Å². The van der Waals surface area contributed by atoms with Crippen molar-refractivity contribution in [2.45, 2.75) is 31.5 Å². The van der Waals surface area contributed by atoms with Crippen molar-refractivity contribution in [3.05, 3.63) is 70.7 Å². The lowest BCUT2D eigenvalue weighted by Crippen LogP contribution is -2.26. The van der Waals surface area contributed by atoms with Crippen LogP contribution in [-0.4, -0.2) is 36.1 Å². The quantitative estimate of drug-likeness (QED) is 0.428. The minimum absolute atomic E-state index is 0.0369. The van der Waals surface area contributed by atoms with Gasteiger partial charge >= 0.3 is 6.18 Å². The first-order chi connectivity index (χ1) is 16.6. The van der Waals surface area contributed by atoms with Crippen LogP contribution in [0.2, 0.25) is 0 Å². The van der Waals surface area contributed by atoms with E-state index in [2.05, 4.69) is 25.9 Å². The van der Waals surface area contributed by atoms with E-state index in [1.807, 2.05) is 31.2 Å². The first kappa shape index (κ1) is 24.2. The molecule has 0 spiro atoms. The Morgan fingerprint density at radius 2 is 1.94 bits per heavy atom. The zero-order valence-corrected chi connectivity index (χ0v) is 19.1. The Hall–Kier alpha value is -3.89. The predicted octanol–water partition coefficient (Wildman–Crippen LogP) is 4.89. The van der Waals surface area contributed by atoms with Crippen LogP contribution in [-0.2, 0) is 12.6 Å². The molecule has 0 radical (unpaired) electrons. The molecule has 7 nitrogen and oxygen atoms in total. The van der Waals surface area contributed by atoms with Crippen molar-refractivity contribution < 1.29 is 27.1 Å². The lowest BCUT2D eigenvalue weighted by molar-refractivity contribution is -0.137. The van der Waals surface area contributed by atoms with Crippen molar-refractivity contribution in [3.63, 3.8) is 0 Å². The summed E-state index contributed by atoms with van der Waals surface area (Å²) < 4.78 is 60.9. The Morgan fingerprint density at radius 1 is 1.20 bits per heavy atom. The van der Waals surface area contributed by atoms with Crippen LogP contribution in [0.4, 0.5) is 35.0 Å². The molecule has 2 atom stereocenters. The summed E-state index contributed by atoms with van der Waals surface area (Å²) in [4.78, 5) is 19.7. The van der Waals surface area contributed by atoms with Crippen molar-refractivity contribution in [3.8, 4) is 5.75 Å². The van der Waals surface area contributed by atoms with Crippen LogP contribution in [0.15, 0.2) is 42.6 Å². The molecule has 1 aliphatic carbocycles. The molecule has 1 aromatic heterocycles. The predicted molar refractivity (Wildman–Crippen MR) is 123 cm³/mol. The first-order valence-corrected chi connectivity index (χ1v) is 10.8. The van der Waals surface area contributed by atoms with Crippen molar-refractivity contribution in [1.29, 1.82) is 0 Å². The van der Waals surface area contributed by atoms with Gasteiger partial charge in [0.1, 0.15) is 22.9 Å². The van der Waals surface area contributed by atoms with Crippen LogP contribution in [0.1, 0.15) is 39.9 Å². The molecule has 35 heavy (non-hydrogen) atoms. The molecule has 0 unspecified atom stereocenters. The number of carbonyl (C=O) groups excluding carboxylic acids is 1. The number of carbonyl (C=O) groups is 1. The second-order valence-corrected chi connectivity index (χ2v) is 8.13. The van der Waals surface area contributed by atoms with Crippen molar-refractivity contribution >= 4 is 23.4 Å². The third kappa shape index (κ3) is 4.84. The number of hydrogen-bond acceptors (Lipinski definition) is 6. The third-order valence-electron chi connectivity index (χ3n) is 6.01. The third-order valence-corrected chi connectivity index (χ3v) is 6.01. The Balaban J connectivity index is 1.66. The number of ether oxygens (including phenoxy) is 1. The molecular weight excluding hydrogens is 466 g/mol. The number of anilines is 3. The number of nitrogens with one attached hydrogen (secondary N) is 3. The van der Waals surface area contributed by atoms with Gasteiger partial charge in [0.25, 0.3) is 5.91 Å². The second kappa shape index (κ2) is 9.40. The number of benzene rings is 2. The summed E-state index contributed by atoms with van der Waals surface area (Å²) in [7, 11) is 2.67. The highest BCUT2D eigenvalue weighted by Gasteiger charge is 2.37. The van der Waals surface area contributed by atoms with Gasteiger partial charge in [0.15, 0.2) is 0 Å². The molecule has 3 aromatic rings. The maximum Gasteiger partial charge on any atom is 0.421 e. The number of hydrogen-bond donors (Lipinski definition) is 3. The number of aromatic nitrogens is 2. The summed E-state index contributed by atoms with van der Waals surface area (Å²) >= 11 is 0. The molecule has 4 rings (SSSR count). The number of halogens is 4. The zero-order valence-electron chi connectivity index (χ0n) is 19.1. The molecule has 184 valence electrons. The Kier molecular flexibility index (Phi) is 6.51. The molecule has 0 saturated carbocycles. The van der Waals surface area contributed by atoms with Gasteiger partial charge in [-0.1, -0.05) is 31.2 Å². The van der Waals surface area contributed by atoms with E-state index >= 15 is 0 Å². The van der Waals surface area contributed by atoms with E-state index in [-0.39, 0.29) is 40.7 Å². The van der Waals surface area contributed by atoms with E-state index in [0.29, 0.717) is 12.6 Å². The highest BCUT2D eigenvalue weighted by atomic mass is 19.4. The van der Waals surface area contributed by atoms with E-state index in [9.17, 15) is 22.4 Å². The van der Waals surface area contributed by atoms with Gasteiger partial charge in [0.05, 0.1) is 18.4 Å². The minimum atomic E-state index is -4.69. The molecule has 1 amide bonds. The molecule has 2 aromatic carbocycles. The highest BCUT2D eigenvalue weighted by molar-refractivity contribution is 5.95. The second-order valence-electron chi connectivity index (χ2n) is 8.13. The zero-order chi connectivity index (χ0) is 25.3. The van der Waals surface area contributed by atoms with E-state index in [1.165, 1.54) is 20.2 Å². The average Bonchev–Trinajstić information content (AvgIpc) is 3.13. The number of rotatable bonds is 6. The molecule has 1 aliphatic rings. The molecule has 11 heteroatoms. The lowest BCUT2D eigenvalue weighted by atomic mass is 10.0. The monoisotopic (exact) mass is 489 g/mol. The highest BCUT2D eigenvalue weighted by Crippen LogP contribution is 2.39. The number of alkyl halides is 3. The van der Waals surface area contributed by atoms with Crippen LogP contribution < -0.4 is 20.7 Å². The Morgan fingerprint density at radius 3 is 2.60 bits per heavy atom. The maximum absolute atomic E-state index is 14.5. The number of fused-ring (bicyclic) bond motifs is 1. The number of methoxy groups -OCH3 is 1. The largest absolute Gasteiger partial charge is 0.495 e. The summed E-state index contributed by atoms with van der Waals surface area (Å²) in [5.41, 5.74) is 0.918. The van der Waals surface area contributed by atoms with E-state index in [1.54, 1.807) is 0 Å². The van der Waals surface area contributed by atoms with E-state index in [4.69, 9.17) is 4.74 Å². The summed E-state index contributed by atoms with van der Waals surface area (Å²) in [5.74, 6) is -2.05. The molecule has 1 heterocycles. The molecule has 0 bridgehead atoms. The number of nitrogens with zero attached hydrogens (tertiary/aromatic N) is 2. The van der Waals surface area contributed by atoms with Crippen LogP contribution in [0.3, 0.4) is 0 Å². The van der Waals surface area contributed by atoms with Gasteiger partial charge in [-0.3, -0.25) is 4.79 Å². The minimum Gasteiger partial charge on any atom is -0.495 e. The topological polar surface area (TPSA) is 88.2 Å². The molecule has 0 saturated heterocycles. The molecule has 0 aliphatic heterocycles. The first-order valence-electron chi connectivity index (χ1n) is 10.8. The van der Waals surface area contributed by atoms with Crippen LogP contribution in [0.5, 0.6) is 5.75 Å². The molecular formula is C24H23F4N5O2. The lowest BCUT2D eigenvalue weighted by Gasteiger charge is -2.22. The van der Waals surface area contributed by atoms with Gasteiger partial charge in [0, 0.05) is 31.3 Å². The molecule has 0 fully saturated rings. The summed E-state index contributed by atoms with van der Waals surface area (Å²) in [6.45, 7) is 1.94. The van der Waals surface area contributed by atoms with Gasteiger partial charge in [-0.05, 0) is 23.6 Å². The Labute approximate surface area is 198 Å². The fraction of sp³-hybridized carbons (Fsp3) is 0.292. The van der Waals surface area contributed by atoms with E-state index < -0.39 is 23.5 Å². The van der Waals surface area contributed by atoms with Crippen LogP contribution in [0.25, 0.3) is 0 Å². The van der Waals surface area contributed by atoms with E-state index in [0.717, 1.165) is 17.2 Å². The summed E-state index contributed by atoms with van der Waals surface area (Å²) in [6.07, 6.45) is -3.47. The summed E-state index contributed by atoms with van der Waals surface area (Å²) in [5, 5.41) is 7.96. The SMILES string of the molecule is CNC(=O)c1cc(OC)c(Nc2ncc(C(F)(F)F)c(N[C@@H]3Cc4ccccc4[C@H]3C)n2)cc1F.